The smallest absolute Gasteiger partial charge is 0.290 e. The van der Waals surface area contributed by atoms with Gasteiger partial charge < -0.3 is 10.4 Å². The molecule has 1 aromatic rings. The molecule has 1 aromatic carbocycles. The molecule has 0 fully saturated rings. The van der Waals surface area contributed by atoms with Gasteiger partial charge in [-0.15, -0.1) is 0 Å². The van der Waals surface area contributed by atoms with E-state index in [-0.39, 0.29) is 23.3 Å². The Bertz CT molecular complexity index is 505. The van der Waals surface area contributed by atoms with Gasteiger partial charge in [0.1, 0.15) is 0 Å². The summed E-state index contributed by atoms with van der Waals surface area (Å²) >= 11 is 3.44. The summed E-state index contributed by atoms with van der Waals surface area (Å²) in [6.45, 7) is 16.2. The van der Waals surface area contributed by atoms with Gasteiger partial charge in [-0.3, -0.25) is 9.59 Å². The predicted molar refractivity (Wildman–Crippen MR) is 99.9 cm³/mol. The number of nitrogens with one attached hydrogen (secondary N) is 1. The molecule has 0 unspecified atom stereocenters. The summed E-state index contributed by atoms with van der Waals surface area (Å²) in [5.74, 6) is -0.0227. The Hall–Kier alpha value is -1.36. The first kappa shape index (κ1) is 23.9. The lowest BCUT2D eigenvalue weighted by Crippen LogP contribution is -2.52. The third-order valence-electron chi connectivity index (χ3n) is 3.72. The van der Waals surface area contributed by atoms with E-state index in [0.29, 0.717) is 5.56 Å². The predicted octanol–water partition coefficient (Wildman–Crippen LogP) is 5.04. The number of aryl methyl sites for hydroxylation is 1. The van der Waals surface area contributed by atoms with Crippen LogP contribution in [0.3, 0.4) is 0 Å². The van der Waals surface area contributed by atoms with Crippen molar-refractivity contribution in [1.82, 2.24) is 5.32 Å². The van der Waals surface area contributed by atoms with E-state index >= 15 is 0 Å². The summed E-state index contributed by atoms with van der Waals surface area (Å²) in [5.41, 5.74) is 1.52. The molecule has 1 rings (SSSR count). The molecule has 0 spiro atoms. The van der Waals surface area contributed by atoms with Crippen molar-refractivity contribution < 1.29 is 14.7 Å². The van der Waals surface area contributed by atoms with Gasteiger partial charge in [-0.1, -0.05) is 50.5 Å². The zero-order valence-electron chi connectivity index (χ0n) is 15.5. The molecule has 0 aromatic heterocycles. The number of amides is 1. The lowest BCUT2D eigenvalue weighted by molar-refractivity contribution is -0.122. The van der Waals surface area contributed by atoms with Gasteiger partial charge in [0.2, 0.25) is 0 Å². The van der Waals surface area contributed by atoms with Crippen molar-refractivity contribution in [2.24, 2.45) is 5.41 Å². The highest BCUT2D eigenvalue weighted by atomic mass is 79.9. The van der Waals surface area contributed by atoms with Crippen LogP contribution in [-0.4, -0.2) is 23.0 Å². The van der Waals surface area contributed by atoms with E-state index in [1.165, 1.54) is 0 Å². The fourth-order valence-electron chi connectivity index (χ4n) is 1.33. The van der Waals surface area contributed by atoms with Gasteiger partial charge in [0.15, 0.2) is 0 Å². The number of carboxylic acid groups (broad SMARTS) is 1. The first-order valence-electron chi connectivity index (χ1n) is 7.63. The van der Waals surface area contributed by atoms with E-state index in [4.69, 9.17) is 9.90 Å². The Morgan fingerprint density at radius 2 is 1.61 bits per heavy atom. The number of rotatable bonds is 2. The molecule has 0 saturated heterocycles. The molecule has 2 N–H and O–H groups in total. The summed E-state index contributed by atoms with van der Waals surface area (Å²) in [6, 6.07) is 5.65. The Morgan fingerprint density at radius 1 is 1.17 bits per heavy atom. The molecule has 1 amide bonds. The molecule has 4 nitrogen and oxygen atoms in total. The maximum atomic E-state index is 12.2. The SMILES string of the molecule is CC.Cc1cc(C(=O)NC(C)(C)C(C)(C)C)ccc1Br.O=CO. The second-order valence-electron chi connectivity index (χ2n) is 6.40. The van der Waals surface area contributed by atoms with Crippen LogP contribution in [0.15, 0.2) is 22.7 Å². The van der Waals surface area contributed by atoms with Crippen LogP contribution in [-0.2, 0) is 4.79 Å². The second-order valence-corrected chi connectivity index (χ2v) is 7.25. The van der Waals surface area contributed by atoms with Gasteiger partial charge in [0.25, 0.3) is 12.4 Å². The van der Waals surface area contributed by atoms with Crippen molar-refractivity contribution in [1.29, 1.82) is 0 Å². The average Bonchev–Trinajstić information content (AvgIpc) is 2.43. The fraction of sp³-hybridized carbons (Fsp3) is 0.556. The molecule has 0 bridgehead atoms. The topological polar surface area (TPSA) is 66.4 Å². The third kappa shape index (κ3) is 8.16. The maximum absolute atomic E-state index is 12.2. The van der Waals surface area contributed by atoms with E-state index in [2.05, 4.69) is 55.9 Å². The number of carbonyl (C=O) groups is 2. The normalized spacial score (nSPS) is 10.5. The van der Waals surface area contributed by atoms with Crippen molar-refractivity contribution in [2.45, 2.75) is 60.9 Å². The second kappa shape index (κ2) is 10.4. The quantitative estimate of drug-likeness (QED) is 0.698. The molecule has 23 heavy (non-hydrogen) atoms. The van der Waals surface area contributed by atoms with Gasteiger partial charge in [-0.25, -0.2) is 0 Å². The maximum Gasteiger partial charge on any atom is 0.290 e. The molecule has 0 aliphatic rings. The Kier molecular flexibility index (Phi) is 10.8. The van der Waals surface area contributed by atoms with Crippen molar-refractivity contribution >= 4 is 28.3 Å². The van der Waals surface area contributed by atoms with Crippen LogP contribution in [0, 0.1) is 12.3 Å². The monoisotopic (exact) mass is 387 g/mol. The standard InChI is InChI=1S/C15H22BrNO.C2H6.CH2O2/c1-10-9-11(7-8-12(10)16)13(18)17-15(5,6)14(2,3)4;1-2;2-1-3/h7-9H,1-6H3,(H,17,18);1-2H3;1H,(H,2,3). The third-order valence-corrected chi connectivity index (χ3v) is 4.61. The summed E-state index contributed by atoms with van der Waals surface area (Å²) in [6.07, 6.45) is 0. The molecule has 0 radical (unpaired) electrons. The summed E-state index contributed by atoms with van der Waals surface area (Å²) in [4.78, 5) is 20.6. The van der Waals surface area contributed by atoms with Crippen LogP contribution in [0.5, 0.6) is 0 Å². The molecule has 0 aliphatic carbocycles. The Balaban J connectivity index is 0. The molecular formula is C18H30BrNO3. The number of hydrogen-bond acceptors (Lipinski definition) is 2. The van der Waals surface area contributed by atoms with Crippen LogP contribution < -0.4 is 5.32 Å². The van der Waals surface area contributed by atoms with E-state index in [0.717, 1.165) is 10.0 Å². The minimum Gasteiger partial charge on any atom is -0.483 e. The number of hydrogen-bond donors (Lipinski definition) is 2. The highest BCUT2D eigenvalue weighted by Gasteiger charge is 2.34. The van der Waals surface area contributed by atoms with Crippen molar-refractivity contribution in [3.63, 3.8) is 0 Å². The van der Waals surface area contributed by atoms with Crippen molar-refractivity contribution in [2.75, 3.05) is 0 Å². The molecule has 132 valence electrons. The first-order chi connectivity index (χ1) is 10.5. The largest absolute Gasteiger partial charge is 0.483 e. The van der Waals surface area contributed by atoms with Crippen molar-refractivity contribution in [3.05, 3.63) is 33.8 Å². The number of halogens is 1. The first-order valence-corrected chi connectivity index (χ1v) is 8.42. The Labute approximate surface area is 148 Å². The van der Waals surface area contributed by atoms with Gasteiger partial charge in [0, 0.05) is 15.6 Å². The zero-order valence-corrected chi connectivity index (χ0v) is 17.0. The molecule has 5 heteroatoms. The highest BCUT2D eigenvalue weighted by Crippen LogP contribution is 2.29. The Morgan fingerprint density at radius 3 is 1.96 bits per heavy atom. The minimum atomic E-state index is -0.259. The van der Waals surface area contributed by atoms with Gasteiger partial charge in [-0.05, 0) is 49.9 Å². The zero-order chi connectivity index (χ0) is 18.8. The summed E-state index contributed by atoms with van der Waals surface area (Å²) in [5, 5.41) is 9.99. The highest BCUT2D eigenvalue weighted by molar-refractivity contribution is 9.10. The van der Waals surface area contributed by atoms with Gasteiger partial charge in [-0.2, -0.15) is 0 Å². The van der Waals surface area contributed by atoms with Gasteiger partial charge >= 0.3 is 0 Å². The van der Waals surface area contributed by atoms with Gasteiger partial charge in [0.05, 0.1) is 0 Å². The van der Waals surface area contributed by atoms with Crippen LogP contribution in [0.2, 0.25) is 0 Å². The van der Waals surface area contributed by atoms with Crippen molar-refractivity contribution in [3.8, 4) is 0 Å². The number of carbonyl (C=O) groups excluding carboxylic acids is 1. The summed E-state index contributed by atoms with van der Waals surface area (Å²) in [7, 11) is 0. The minimum absolute atomic E-state index is 0.00701. The molecule has 0 atom stereocenters. The lowest BCUT2D eigenvalue weighted by atomic mass is 9.76. The lowest BCUT2D eigenvalue weighted by Gasteiger charge is -2.39. The van der Waals surface area contributed by atoms with Crippen LogP contribution >= 0.6 is 15.9 Å². The van der Waals surface area contributed by atoms with Crippen LogP contribution in [0.4, 0.5) is 0 Å². The summed E-state index contributed by atoms with van der Waals surface area (Å²) < 4.78 is 1.02. The van der Waals surface area contributed by atoms with Crippen LogP contribution in [0.1, 0.15) is 64.4 Å². The van der Waals surface area contributed by atoms with E-state index in [9.17, 15) is 4.79 Å². The van der Waals surface area contributed by atoms with E-state index in [1.54, 1.807) is 0 Å². The average molecular weight is 388 g/mol. The fourth-order valence-corrected chi connectivity index (χ4v) is 1.58. The molecule has 0 aliphatic heterocycles. The molecular weight excluding hydrogens is 358 g/mol. The molecule has 0 saturated carbocycles. The van der Waals surface area contributed by atoms with Crippen LogP contribution in [0.25, 0.3) is 0 Å². The van der Waals surface area contributed by atoms with E-state index in [1.807, 2.05) is 39.0 Å². The number of benzene rings is 1. The van der Waals surface area contributed by atoms with E-state index < -0.39 is 0 Å². The molecule has 0 heterocycles.